The summed E-state index contributed by atoms with van der Waals surface area (Å²) in [6, 6.07) is 3.44. The van der Waals surface area contributed by atoms with Gasteiger partial charge in [0.15, 0.2) is 0 Å². The maximum absolute atomic E-state index is 13.3. The lowest BCUT2D eigenvalue weighted by molar-refractivity contribution is -0.124. The van der Waals surface area contributed by atoms with Gasteiger partial charge in [0.1, 0.15) is 11.6 Å². The van der Waals surface area contributed by atoms with E-state index < -0.39 is 11.6 Å². The molecule has 1 unspecified atom stereocenters. The predicted molar refractivity (Wildman–Crippen MR) is 65.9 cm³/mol. The van der Waals surface area contributed by atoms with Crippen molar-refractivity contribution in [2.75, 3.05) is 13.1 Å². The first kappa shape index (κ1) is 14.6. The van der Waals surface area contributed by atoms with Crippen LogP contribution in [0.15, 0.2) is 18.2 Å². The Hall–Kier alpha value is -1.49. The summed E-state index contributed by atoms with van der Waals surface area (Å²) >= 11 is 0. The van der Waals surface area contributed by atoms with Crippen molar-refractivity contribution in [3.63, 3.8) is 0 Å². The molecule has 1 aromatic rings. The zero-order valence-electron chi connectivity index (χ0n) is 10.4. The van der Waals surface area contributed by atoms with Crippen LogP contribution in [-0.4, -0.2) is 19.0 Å². The Morgan fingerprint density at radius 3 is 2.78 bits per heavy atom. The number of halogens is 2. The summed E-state index contributed by atoms with van der Waals surface area (Å²) in [6.45, 7) is 2.58. The molecule has 0 aliphatic carbocycles. The molecule has 3 N–H and O–H groups in total. The van der Waals surface area contributed by atoms with Crippen molar-refractivity contribution in [2.45, 2.75) is 19.8 Å². The summed E-state index contributed by atoms with van der Waals surface area (Å²) in [5, 5.41) is 2.70. The highest BCUT2D eigenvalue weighted by Crippen LogP contribution is 2.09. The smallest absolute Gasteiger partial charge is 0.222 e. The molecule has 1 amide bonds. The lowest BCUT2D eigenvalue weighted by Crippen LogP contribution is -2.32. The third-order valence-corrected chi connectivity index (χ3v) is 2.76. The topological polar surface area (TPSA) is 55.1 Å². The van der Waals surface area contributed by atoms with Gasteiger partial charge in [-0.05, 0) is 31.0 Å². The molecule has 5 heteroatoms. The molecule has 0 heterocycles. The van der Waals surface area contributed by atoms with E-state index >= 15 is 0 Å². The standard InChI is InChI=1S/C13H18F2N2O/c1-9(4-6-16)13(18)17-7-5-10-2-3-11(14)8-12(10)15/h2-3,8-9H,4-7,16H2,1H3,(H,17,18). The monoisotopic (exact) mass is 256 g/mol. The van der Waals surface area contributed by atoms with Gasteiger partial charge in [-0.15, -0.1) is 0 Å². The van der Waals surface area contributed by atoms with Crippen LogP contribution in [0.5, 0.6) is 0 Å². The molecule has 0 saturated heterocycles. The van der Waals surface area contributed by atoms with E-state index in [1.807, 2.05) is 0 Å². The second-order valence-electron chi connectivity index (χ2n) is 4.26. The molecule has 0 spiro atoms. The molecule has 0 fully saturated rings. The zero-order valence-corrected chi connectivity index (χ0v) is 10.4. The summed E-state index contributed by atoms with van der Waals surface area (Å²) in [4.78, 5) is 11.5. The second-order valence-corrected chi connectivity index (χ2v) is 4.26. The van der Waals surface area contributed by atoms with Crippen molar-refractivity contribution >= 4 is 5.91 Å². The number of rotatable bonds is 6. The number of amides is 1. The fourth-order valence-corrected chi connectivity index (χ4v) is 1.60. The molecular weight excluding hydrogens is 238 g/mol. The average molecular weight is 256 g/mol. The van der Waals surface area contributed by atoms with Gasteiger partial charge < -0.3 is 11.1 Å². The largest absolute Gasteiger partial charge is 0.356 e. The number of carbonyl (C=O) groups is 1. The Morgan fingerprint density at radius 2 is 2.17 bits per heavy atom. The van der Waals surface area contributed by atoms with E-state index in [-0.39, 0.29) is 11.8 Å². The van der Waals surface area contributed by atoms with Gasteiger partial charge in [-0.2, -0.15) is 0 Å². The average Bonchev–Trinajstić information content (AvgIpc) is 2.32. The van der Waals surface area contributed by atoms with Crippen LogP contribution in [-0.2, 0) is 11.2 Å². The van der Waals surface area contributed by atoms with Crippen LogP contribution in [0.4, 0.5) is 8.78 Å². The number of hydrogen-bond acceptors (Lipinski definition) is 2. The molecule has 0 bridgehead atoms. The molecule has 0 aromatic heterocycles. The minimum absolute atomic E-state index is 0.0945. The van der Waals surface area contributed by atoms with Crippen molar-refractivity contribution < 1.29 is 13.6 Å². The van der Waals surface area contributed by atoms with Gasteiger partial charge in [-0.3, -0.25) is 4.79 Å². The minimum atomic E-state index is -0.600. The summed E-state index contributed by atoms with van der Waals surface area (Å²) in [6.07, 6.45) is 0.962. The molecule has 100 valence electrons. The van der Waals surface area contributed by atoms with Crippen molar-refractivity contribution in [3.05, 3.63) is 35.4 Å². The Bertz CT molecular complexity index is 410. The van der Waals surface area contributed by atoms with E-state index in [1.165, 1.54) is 12.1 Å². The Labute approximate surface area is 105 Å². The van der Waals surface area contributed by atoms with Crippen LogP contribution in [0.3, 0.4) is 0 Å². The van der Waals surface area contributed by atoms with Gasteiger partial charge in [0.25, 0.3) is 0 Å². The Morgan fingerprint density at radius 1 is 1.44 bits per heavy atom. The first-order valence-electron chi connectivity index (χ1n) is 5.96. The quantitative estimate of drug-likeness (QED) is 0.812. The number of hydrogen-bond donors (Lipinski definition) is 2. The van der Waals surface area contributed by atoms with Crippen LogP contribution in [0.2, 0.25) is 0 Å². The van der Waals surface area contributed by atoms with Crippen LogP contribution < -0.4 is 11.1 Å². The van der Waals surface area contributed by atoms with Crippen molar-refractivity contribution in [1.29, 1.82) is 0 Å². The molecule has 1 aromatic carbocycles. The molecule has 0 aliphatic rings. The number of nitrogens with two attached hydrogens (primary N) is 1. The lowest BCUT2D eigenvalue weighted by atomic mass is 10.1. The van der Waals surface area contributed by atoms with E-state index in [9.17, 15) is 13.6 Å². The van der Waals surface area contributed by atoms with Crippen LogP contribution in [0.25, 0.3) is 0 Å². The van der Waals surface area contributed by atoms with E-state index in [4.69, 9.17) is 5.73 Å². The Balaban J connectivity index is 2.39. The SMILES string of the molecule is CC(CCN)C(=O)NCCc1ccc(F)cc1F. The van der Waals surface area contributed by atoms with Crippen LogP contribution in [0.1, 0.15) is 18.9 Å². The van der Waals surface area contributed by atoms with Gasteiger partial charge in [0, 0.05) is 18.5 Å². The fraction of sp³-hybridized carbons (Fsp3) is 0.462. The second kappa shape index (κ2) is 7.06. The van der Waals surface area contributed by atoms with E-state index in [0.29, 0.717) is 31.5 Å². The summed E-state index contributed by atoms with van der Waals surface area (Å²) in [7, 11) is 0. The molecular formula is C13H18F2N2O. The fourth-order valence-electron chi connectivity index (χ4n) is 1.60. The normalized spacial score (nSPS) is 12.2. The first-order chi connectivity index (χ1) is 8.54. The van der Waals surface area contributed by atoms with Crippen molar-refractivity contribution in [2.24, 2.45) is 11.7 Å². The van der Waals surface area contributed by atoms with Crippen LogP contribution >= 0.6 is 0 Å². The molecule has 18 heavy (non-hydrogen) atoms. The summed E-state index contributed by atoms with van der Waals surface area (Å²) < 4.78 is 26.0. The van der Waals surface area contributed by atoms with Crippen molar-refractivity contribution in [1.82, 2.24) is 5.32 Å². The first-order valence-corrected chi connectivity index (χ1v) is 5.96. The molecule has 0 aliphatic heterocycles. The molecule has 0 saturated carbocycles. The summed E-state index contributed by atoms with van der Waals surface area (Å²) in [5.41, 5.74) is 5.75. The minimum Gasteiger partial charge on any atom is -0.356 e. The maximum Gasteiger partial charge on any atom is 0.222 e. The van der Waals surface area contributed by atoms with Gasteiger partial charge >= 0.3 is 0 Å². The Kier molecular flexibility index (Phi) is 5.71. The highest BCUT2D eigenvalue weighted by Gasteiger charge is 2.11. The number of carbonyl (C=O) groups excluding carboxylic acids is 1. The zero-order chi connectivity index (χ0) is 13.5. The van der Waals surface area contributed by atoms with Gasteiger partial charge in [0.05, 0.1) is 0 Å². The third kappa shape index (κ3) is 4.41. The predicted octanol–water partition coefficient (Wildman–Crippen LogP) is 1.61. The van der Waals surface area contributed by atoms with Gasteiger partial charge in [-0.1, -0.05) is 13.0 Å². The van der Waals surface area contributed by atoms with Gasteiger partial charge in [-0.25, -0.2) is 8.78 Å². The van der Waals surface area contributed by atoms with E-state index in [1.54, 1.807) is 6.92 Å². The maximum atomic E-state index is 13.3. The molecule has 1 atom stereocenters. The molecule has 3 nitrogen and oxygen atoms in total. The third-order valence-electron chi connectivity index (χ3n) is 2.76. The highest BCUT2D eigenvalue weighted by molar-refractivity contribution is 5.78. The van der Waals surface area contributed by atoms with Gasteiger partial charge in [0.2, 0.25) is 5.91 Å². The highest BCUT2D eigenvalue weighted by atomic mass is 19.1. The van der Waals surface area contributed by atoms with E-state index in [2.05, 4.69) is 5.32 Å². The summed E-state index contributed by atoms with van der Waals surface area (Å²) in [5.74, 6) is -1.42. The lowest BCUT2D eigenvalue weighted by Gasteiger charge is -2.11. The van der Waals surface area contributed by atoms with E-state index in [0.717, 1.165) is 6.07 Å². The number of benzene rings is 1. The number of nitrogens with one attached hydrogen (secondary N) is 1. The van der Waals surface area contributed by atoms with Crippen molar-refractivity contribution in [3.8, 4) is 0 Å². The van der Waals surface area contributed by atoms with Crippen LogP contribution in [0, 0.1) is 17.6 Å². The molecule has 1 rings (SSSR count). The molecule has 0 radical (unpaired) electrons.